The number of halogens is 2. The Morgan fingerprint density at radius 3 is 2.38 bits per heavy atom. The van der Waals surface area contributed by atoms with Crippen LogP contribution in [0.3, 0.4) is 0 Å². The van der Waals surface area contributed by atoms with Crippen LogP contribution in [0.25, 0.3) is 22.2 Å². The number of hydrogen-bond acceptors (Lipinski definition) is 2. The summed E-state index contributed by atoms with van der Waals surface area (Å²) < 4.78 is 28.0. The molecule has 26 heavy (non-hydrogen) atoms. The topological polar surface area (TPSA) is 45.8 Å². The lowest BCUT2D eigenvalue weighted by molar-refractivity contribution is 0.103. The van der Waals surface area contributed by atoms with Gasteiger partial charge in [-0.3, -0.25) is 4.79 Å². The fraction of sp³-hybridized carbons (Fsp3) is 0.0476. The second-order valence-electron chi connectivity index (χ2n) is 6.11. The summed E-state index contributed by atoms with van der Waals surface area (Å²) in [5.41, 5.74) is 3.01. The molecule has 2 aromatic carbocycles. The zero-order valence-corrected chi connectivity index (χ0v) is 13.9. The molecule has 0 aliphatic rings. The molecule has 3 nitrogen and oxygen atoms in total. The van der Waals surface area contributed by atoms with E-state index in [1.165, 1.54) is 12.3 Å². The van der Waals surface area contributed by atoms with Crippen LogP contribution in [0.5, 0.6) is 0 Å². The maximum Gasteiger partial charge on any atom is 0.201 e. The van der Waals surface area contributed by atoms with E-state index in [0.717, 1.165) is 28.8 Å². The zero-order valence-electron chi connectivity index (χ0n) is 13.9. The highest BCUT2D eigenvalue weighted by Gasteiger charge is 2.22. The number of nitrogens with one attached hydrogen (secondary N) is 1. The minimum atomic E-state index is -0.882. The molecule has 0 aliphatic heterocycles. The van der Waals surface area contributed by atoms with Crippen LogP contribution in [0.15, 0.2) is 60.9 Å². The Bertz CT molecular complexity index is 1110. The third kappa shape index (κ3) is 2.67. The van der Waals surface area contributed by atoms with E-state index in [9.17, 15) is 13.6 Å². The first-order chi connectivity index (χ1) is 12.5. The smallest absolute Gasteiger partial charge is 0.201 e. The maximum absolute atomic E-state index is 14.0. The highest BCUT2D eigenvalue weighted by atomic mass is 19.1. The average molecular weight is 348 g/mol. The predicted molar refractivity (Wildman–Crippen MR) is 96.1 cm³/mol. The van der Waals surface area contributed by atoms with Crippen LogP contribution in [-0.4, -0.2) is 15.8 Å². The van der Waals surface area contributed by atoms with Crippen LogP contribution in [0.4, 0.5) is 8.78 Å². The minimum Gasteiger partial charge on any atom is -0.345 e. The first-order valence-electron chi connectivity index (χ1n) is 8.07. The molecule has 2 heterocycles. The molecule has 4 aromatic rings. The van der Waals surface area contributed by atoms with E-state index in [0.29, 0.717) is 11.0 Å². The standard InChI is InChI=1S/C21H14F2N2O/c1-12-5-7-13(8-6-12)14-9-15-16(11-25-21(15)24-10-14)20(26)19-17(22)3-2-4-18(19)23/h2-11H,1H3,(H,24,25). The van der Waals surface area contributed by atoms with Gasteiger partial charge in [-0.15, -0.1) is 0 Å². The third-order valence-corrected chi connectivity index (χ3v) is 4.35. The van der Waals surface area contributed by atoms with Gasteiger partial charge in [-0.2, -0.15) is 0 Å². The second kappa shape index (κ2) is 6.19. The molecule has 0 fully saturated rings. The summed E-state index contributed by atoms with van der Waals surface area (Å²) in [5, 5.41) is 0.524. The van der Waals surface area contributed by atoms with Crippen molar-refractivity contribution in [2.45, 2.75) is 6.92 Å². The molecule has 0 saturated heterocycles. The fourth-order valence-corrected chi connectivity index (χ4v) is 2.94. The first kappa shape index (κ1) is 16.1. The van der Waals surface area contributed by atoms with Crippen molar-refractivity contribution in [1.82, 2.24) is 9.97 Å². The van der Waals surface area contributed by atoms with Crippen molar-refractivity contribution in [2.24, 2.45) is 0 Å². The number of H-pyrrole nitrogens is 1. The molecule has 0 bridgehead atoms. The predicted octanol–water partition coefficient (Wildman–Crippen LogP) is 5.05. The molecule has 4 rings (SSSR count). The van der Waals surface area contributed by atoms with Gasteiger partial charge < -0.3 is 4.98 Å². The molecule has 0 atom stereocenters. The second-order valence-corrected chi connectivity index (χ2v) is 6.11. The Balaban J connectivity index is 1.85. The Morgan fingerprint density at radius 1 is 1.00 bits per heavy atom. The molecule has 128 valence electrons. The summed E-state index contributed by atoms with van der Waals surface area (Å²) in [6.07, 6.45) is 3.13. The van der Waals surface area contributed by atoms with E-state index < -0.39 is 23.0 Å². The molecule has 0 saturated carbocycles. The van der Waals surface area contributed by atoms with Gasteiger partial charge in [0, 0.05) is 28.9 Å². The number of rotatable bonds is 3. The van der Waals surface area contributed by atoms with Crippen molar-refractivity contribution in [3.8, 4) is 11.1 Å². The molecule has 0 radical (unpaired) electrons. The Hall–Kier alpha value is -3.34. The van der Waals surface area contributed by atoms with Gasteiger partial charge in [-0.05, 0) is 30.7 Å². The number of benzene rings is 2. The maximum atomic E-state index is 14.0. The van der Waals surface area contributed by atoms with Gasteiger partial charge in [-0.1, -0.05) is 35.9 Å². The third-order valence-electron chi connectivity index (χ3n) is 4.35. The summed E-state index contributed by atoms with van der Waals surface area (Å²) in [4.78, 5) is 19.9. The number of fused-ring (bicyclic) bond motifs is 1. The van der Waals surface area contributed by atoms with Crippen LogP contribution in [0.1, 0.15) is 21.5 Å². The largest absolute Gasteiger partial charge is 0.345 e. The fourth-order valence-electron chi connectivity index (χ4n) is 2.94. The van der Waals surface area contributed by atoms with Crippen LogP contribution >= 0.6 is 0 Å². The average Bonchev–Trinajstić information content (AvgIpc) is 3.05. The van der Waals surface area contributed by atoms with Crippen molar-refractivity contribution >= 4 is 16.8 Å². The quantitative estimate of drug-likeness (QED) is 0.527. The van der Waals surface area contributed by atoms with Gasteiger partial charge in [0.2, 0.25) is 5.78 Å². The van der Waals surface area contributed by atoms with Gasteiger partial charge in [0.25, 0.3) is 0 Å². The van der Waals surface area contributed by atoms with E-state index in [4.69, 9.17) is 0 Å². The Kier molecular flexibility index (Phi) is 3.84. The summed E-state index contributed by atoms with van der Waals surface area (Å²) in [7, 11) is 0. The van der Waals surface area contributed by atoms with Crippen molar-refractivity contribution in [2.75, 3.05) is 0 Å². The molecule has 0 spiro atoms. The van der Waals surface area contributed by atoms with Gasteiger partial charge in [-0.25, -0.2) is 13.8 Å². The zero-order chi connectivity index (χ0) is 18.3. The number of hydrogen-bond donors (Lipinski definition) is 1. The normalized spacial score (nSPS) is 11.0. The highest BCUT2D eigenvalue weighted by Crippen LogP contribution is 2.27. The SMILES string of the molecule is Cc1ccc(-c2cnc3[nH]cc(C(=O)c4c(F)cccc4F)c3c2)cc1. The molecule has 0 aliphatic carbocycles. The lowest BCUT2D eigenvalue weighted by atomic mass is 10.00. The number of aromatic amines is 1. The number of aryl methyl sites for hydroxylation is 1. The van der Waals surface area contributed by atoms with Crippen LogP contribution in [0.2, 0.25) is 0 Å². The van der Waals surface area contributed by atoms with E-state index in [2.05, 4.69) is 9.97 Å². The summed E-state index contributed by atoms with van der Waals surface area (Å²) in [6.45, 7) is 2.00. The number of aromatic nitrogens is 2. The number of nitrogens with zero attached hydrogens (tertiary/aromatic N) is 1. The van der Waals surface area contributed by atoms with Crippen molar-refractivity contribution in [1.29, 1.82) is 0 Å². The number of pyridine rings is 1. The molecule has 1 N–H and O–H groups in total. The first-order valence-corrected chi connectivity index (χ1v) is 8.07. The molecule has 0 unspecified atom stereocenters. The van der Waals surface area contributed by atoms with Crippen LogP contribution in [0, 0.1) is 18.6 Å². The van der Waals surface area contributed by atoms with Crippen molar-refractivity contribution in [3.05, 3.63) is 89.2 Å². The Morgan fingerprint density at radius 2 is 1.69 bits per heavy atom. The van der Waals surface area contributed by atoms with Gasteiger partial charge in [0.05, 0.1) is 5.56 Å². The van der Waals surface area contributed by atoms with Gasteiger partial charge in [0.1, 0.15) is 17.3 Å². The number of carbonyl (C=O) groups excluding carboxylic acids is 1. The van der Waals surface area contributed by atoms with E-state index in [1.54, 1.807) is 12.3 Å². The van der Waals surface area contributed by atoms with Gasteiger partial charge >= 0.3 is 0 Å². The van der Waals surface area contributed by atoms with Crippen LogP contribution < -0.4 is 0 Å². The molecular weight excluding hydrogens is 334 g/mol. The number of ketones is 1. The molecule has 0 amide bonds. The lowest BCUT2D eigenvalue weighted by Gasteiger charge is -2.05. The van der Waals surface area contributed by atoms with E-state index in [1.807, 2.05) is 31.2 Å². The van der Waals surface area contributed by atoms with Crippen LogP contribution in [-0.2, 0) is 0 Å². The molecule has 5 heteroatoms. The molecule has 2 aromatic heterocycles. The number of carbonyl (C=O) groups is 1. The lowest BCUT2D eigenvalue weighted by Crippen LogP contribution is -2.07. The monoisotopic (exact) mass is 348 g/mol. The summed E-state index contributed by atoms with van der Waals surface area (Å²) >= 11 is 0. The minimum absolute atomic E-state index is 0.186. The highest BCUT2D eigenvalue weighted by molar-refractivity contribution is 6.16. The van der Waals surface area contributed by atoms with Crippen molar-refractivity contribution in [3.63, 3.8) is 0 Å². The summed E-state index contributed by atoms with van der Waals surface area (Å²) in [6, 6.07) is 13.1. The Labute approximate surface area is 148 Å². The van der Waals surface area contributed by atoms with Crippen molar-refractivity contribution < 1.29 is 13.6 Å². The van der Waals surface area contributed by atoms with E-state index in [-0.39, 0.29) is 5.56 Å². The van der Waals surface area contributed by atoms with Gasteiger partial charge in [0.15, 0.2) is 0 Å². The van der Waals surface area contributed by atoms with E-state index >= 15 is 0 Å². The summed E-state index contributed by atoms with van der Waals surface area (Å²) in [5.74, 6) is -2.48. The molecular formula is C21H14F2N2O.